The van der Waals surface area contributed by atoms with Crippen LogP contribution in [-0.2, 0) is 0 Å². The minimum absolute atomic E-state index is 0.295. The first-order chi connectivity index (χ1) is 13.1. The molecule has 0 unspecified atom stereocenters. The van der Waals surface area contributed by atoms with Gasteiger partial charge < -0.3 is 10.1 Å². The van der Waals surface area contributed by atoms with Crippen LogP contribution in [0.15, 0.2) is 55.2 Å². The van der Waals surface area contributed by atoms with Crippen LogP contribution in [0.25, 0.3) is 5.65 Å². The van der Waals surface area contributed by atoms with Crippen molar-refractivity contribution in [1.82, 2.24) is 24.6 Å². The number of pyridine rings is 3. The molecule has 134 valence electrons. The van der Waals surface area contributed by atoms with E-state index >= 15 is 0 Å². The van der Waals surface area contributed by atoms with Crippen LogP contribution in [-0.4, -0.2) is 30.5 Å². The minimum Gasteiger partial charge on any atom is -0.454 e. The second-order valence-electron chi connectivity index (χ2n) is 5.71. The maximum Gasteiger partial charge on any atom is 0.260 e. The van der Waals surface area contributed by atoms with Crippen molar-refractivity contribution >= 4 is 29.0 Å². The molecule has 9 heteroatoms. The van der Waals surface area contributed by atoms with Gasteiger partial charge in [0, 0.05) is 18.0 Å². The summed E-state index contributed by atoms with van der Waals surface area (Å²) in [6.45, 7) is 1.85. The molecule has 0 bridgehead atoms. The molecule has 1 amide bonds. The van der Waals surface area contributed by atoms with E-state index in [1.807, 2.05) is 19.1 Å². The zero-order valence-corrected chi connectivity index (χ0v) is 14.9. The summed E-state index contributed by atoms with van der Waals surface area (Å²) in [5.41, 5.74) is 1.49. The molecule has 4 aromatic heterocycles. The maximum atomic E-state index is 12.8. The van der Waals surface area contributed by atoms with E-state index in [9.17, 15) is 4.79 Å². The number of aromatic nitrogens is 5. The number of hydrogen-bond acceptors (Lipinski definition) is 6. The smallest absolute Gasteiger partial charge is 0.260 e. The molecule has 4 heterocycles. The third kappa shape index (κ3) is 3.70. The minimum atomic E-state index is -0.374. The predicted octanol–water partition coefficient (Wildman–Crippen LogP) is 3.53. The zero-order valence-electron chi connectivity index (χ0n) is 14.1. The van der Waals surface area contributed by atoms with E-state index in [0.717, 1.165) is 5.69 Å². The number of nitrogens with zero attached hydrogens (tertiary/aromatic N) is 5. The number of halogens is 1. The van der Waals surface area contributed by atoms with Crippen molar-refractivity contribution < 1.29 is 9.53 Å². The van der Waals surface area contributed by atoms with Crippen molar-refractivity contribution in [3.63, 3.8) is 0 Å². The van der Waals surface area contributed by atoms with E-state index in [0.29, 0.717) is 33.6 Å². The summed E-state index contributed by atoms with van der Waals surface area (Å²) in [5, 5.41) is 11.1. The van der Waals surface area contributed by atoms with E-state index in [1.54, 1.807) is 28.8 Å². The van der Waals surface area contributed by atoms with Crippen LogP contribution >= 0.6 is 11.6 Å². The monoisotopic (exact) mass is 380 g/mol. The average molecular weight is 381 g/mol. The molecule has 4 aromatic rings. The molecule has 8 nitrogen and oxygen atoms in total. The molecule has 0 saturated heterocycles. The van der Waals surface area contributed by atoms with Crippen molar-refractivity contribution in [1.29, 1.82) is 0 Å². The van der Waals surface area contributed by atoms with Crippen LogP contribution in [0, 0.1) is 6.92 Å². The molecule has 0 spiro atoms. The van der Waals surface area contributed by atoms with Gasteiger partial charge in [0.2, 0.25) is 0 Å². The van der Waals surface area contributed by atoms with Gasteiger partial charge in [-0.15, -0.1) is 10.2 Å². The second-order valence-corrected chi connectivity index (χ2v) is 6.15. The lowest BCUT2D eigenvalue weighted by Gasteiger charge is -2.10. The Hall–Kier alpha value is -3.52. The lowest BCUT2D eigenvalue weighted by atomic mass is 10.2. The quantitative estimate of drug-likeness (QED) is 0.582. The van der Waals surface area contributed by atoms with E-state index in [2.05, 4.69) is 25.5 Å². The fraction of sp³-hybridized carbons (Fsp3) is 0.0556. The summed E-state index contributed by atoms with van der Waals surface area (Å²) in [7, 11) is 0. The van der Waals surface area contributed by atoms with Crippen molar-refractivity contribution in [2.75, 3.05) is 5.32 Å². The SMILES string of the molecule is Cc1cccc(NC(=O)c2cc(Oc3cncc(Cl)c3)cn3cnnc23)n1. The van der Waals surface area contributed by atoms with Gasteiger partial charge in [0.1, 0.15) is 23.6 Å². The summed E-state index contributed by atoms with van der Waals surface area (Å²) < 4.78 is 7.38. The van der Waals surface area contributed by atoms with Gasteiger partial charge in [-0.1, -0.05) is 17.7 Å². The van der Waals surface area contributed by atoms with E-state index in [-0.39, 0.29) is 5.91 Å². The number of anilines is 1. The van der Waals surface area contributed by atoms with Gasteiger partial charge in [-0.2, -0.15) is 0 Å². The topological polar surface area (TPSA) is 94.3 Å². The highest BCUT2D eigenvalue weighted by Gasteiger charge is 2.16. The molecule has 0 aliphatic carbocycles. The van der Waals surface area contributed by atoms with Crippen molar-refractivity contribution in [3.8, 4) is 11.5 Å². The summed E-state index contributed by atoms with van der Waals surface area (Å²) in [4.78, 5) is 21.0. The van der Waals surface area contributed by atoms with Crippen LogP contribution in [0.4, 0.5) is 5.82 Å². The fourth-order valence-electron chi connectivity index (χ4n) is 2.51. The van der Waals surface area contributed by atoms with Crippen LogP contribution in [0.3, 0.4) is 0 Å². The molecule has 0 aliphatic rings. The third-order valence-corrected chi connectivity index (χ3v) is 3.86. The Labute approximate surface area is 158 Å². The van der Waals surface area contributed by atoms with Crippen molar-refractivity contribution in [3.05, 3.63) is 71.5 Å². The average Bonchev–Trinajstić information content (AvgIpc) is 3.09. The van der Waals surface area contributed by atoms with Gasteiger partial charge in [0.15, 0.2) is 5.65 Å². The standard InChI is InChI=1S/C18H13ClN6O2/c1-11-3-2-4-16(22-11)23-18(26)15-6-14(9-25-10-21-24-17(15)25)27-13-5-12(19)7-20-8-13/h2-10H,1H3,(H,22,23,26). The first-order valence-electron chi connectivity index (χ1n) is 7.95. The van der Waals surface area contributed by atoms with Crippen molar-refractivity contribution in [2.24, 2.45) is 0 Å². The number of ether oxygens (including phenoxy) is 1. The van der Waals surface area contributed by atoms with Gasteiger partial charge in [0.05, 0.1) is 23.0 Å². The molecule has 0 saturated carbocycles. The largest absolute Gasteiger partial charge is 0.454 e. The molecule has 0 fully saturated rings. The van der Waals surface area contributed by atoms with Gasteiger partial charge in [-0.3, -0.25) is 14.2 Å². The normalized spacial score (nSPS) is 10.7. The number of amides is 1. The highest BCUT2D eigenvalue weighted by Crippen LogP contribution is 2.25. The molecule has 0 aromatic carbocycles. The van der Waals surface area contributed by atoms with Gasteiger partial charge in [-0.05, 0) is 25.1 Å². The van der Waals surface area contributed by atoms with Crippen LogP contribution in [0.5, 0.6) is 11.5 Å². The van der Waals surface area contributed by atoms with E-state index < -0.39 is 0 Å². The Morgan fingerprint density at radius 2 is 2.11 bits per heavy atom. The highest BCUT2D eigenvalue weighted by molar-refractivity contribution is 6.30. The molecular formula is C18H13ClN6O2. The fourth-order valence-corrected chi connectivity index (χ4v) is 2.68. The lowest BCUT2D eigenvalue weighted by Crippen LogP contribution is -2.15. The van der Waals surface area contributed by atoms with Crippen LogP contribution < -0.4 is 10.1 Å². The van der Waals surface area contributed by atoms with Crippen molar-refractivity contribution in [2.45, 2.75) is 6.92 Å². The summed E-state index contributed by atoms with van der Waals surface area (Å²) >= 11 is 5.93. The Morgan fingerprint density at radius 1 is 1.22 bits per heavy atom. The van der Waals surface area contributed by atoms with Gasteiger partial charge in [-0.25, -0.2) is 4.98 Å². The Morgan fingerprint density at radius 3 is 2.93 bits per heavy atom. The van der Waals surface area contributed by atoms with E-state index in [1.165, 1.54) is 18.7 Å². The number of fused-ring (bicyclic) bond motifs is 1. The van der Waals surface area contributed by atoms with E-state index in [4.69, 9.17) is 16.3 Å². The second kappa shape index (κ2) is 7.00. The number of rotatable bonds is 4. The Kier molecular flexibility index (Phi) is 4.39. The van der Waals surface area contributed by atoms with Crippen LogP contribution in [0.1, 0.15) is 16.1 Å². The maximum absolute atomic E-state index is 12.8. The molecule has 1 N–H and O–H groups in total. The predicted molar refractivity (Wildman–Crippen MR) is 99.2 cm³/mol. The lowest BCUT2D eigenvalue weighted by molar-refractivity contribution is 0.102. The highest BCUT2D eigenvalue weighted by atomic mass is 35.5. The van der Waals surface area contributed by atoms with Gasteiger partial charge >= 0.3 is 0 Å². The number of aryl methyl sites for hydroxylation is 1. The van der Waals surface area contributed by atoms with Gasteiger partial charge in [0.25, 0.3) is 5.91 Å². The first-order valence-corrected chi connectivity index (χ1v) is 8.33. The molecular weight excluding hydrogens is 368 g/mol. The Bertz CT molecular complexity index is 1140. The molecule has 4 rings (SSSR count). The zero-order chi connectivity index (χ0) is 18.8. The Balaban J connectivity index is 1.69. The summed E-state index contributed by atoms with van der Waals surface area (Å²) in [6, 6.07) is 8.58. The number of nitrogens with one attached hydrogen (secondary N) is 1. The van der Waals surface area contributed by atoms with Crippen LogP contribution in [0.2, 0.25) is 5.02 Å². The summed E-state index contributed by atoms with van der Waals surface area (Å²) in [5.74, 6) is 0.930. The number of carbonyl (C=O) groups is 1. The molecule has 27 heavy (non-hydrogen) atoms. The molecule has 0 radical (unpaired) electrons. The first kappa shape index (κ1) is 16.9. The number of carbonyl (C=O) groups excluding carboxylic acids is 1. The third-order valence-electron chi connectivity index (χ3n) is 3.66. The number of hydrogen-bond donors (Lipinski definition) is 1. The summed E-state index contributed by atoms with van der Waals surface area (Å²) in [6.07, 6.45) is 6.18. The molecule has 0 aliphatic heterocycles. The molecule has 0 atom stereocenters.